The summed E-state index contributed by atoms with van der Waals surface area (Å²) in [5.41, 5.74) is 0.810. The zero-order valence-corrected chi connectivity index (χ0v) is 10.0. The molecule has 1 aromatic carbocycles. The first-order chi connectivity index (χ1) is 7.63. The Bertz CT molecular complexity index is 482. The van der Waals surface area contributed by atoms with Crippen molar-refractivity contribution in [2.45, 2.75) is 16.8 Å². The standard InChI is InChI=1S/C11H8ClFN2S/c1-7-6-10(15-11(12)14-7)16-9-4-2-8(13)3-5-9/h2-6H,1H3. The van der Waals surface area contributed by atoms with Crippen LogP contribution in [0.15, 0.2) is 40.3 Å². The van der Waals surface area contributed by atoms with Gasteiger partial charge in [0.05, 0.1) is 0 Å². The highest BCUT2D eigenvalue weighted by molar-refractivity contribution is 7.99. The number of hydrogen-bond acceptors (Lipinski definition) is 3. The van der Waals surface area contributed by atoms with Gasteiger partial charge >= 0.3 is 0 Å². The molecule has 0 saturated carbocycles. The maximum absolute atomic E-state index is 12.7. The number of hydrogen-bond donors (Lipinski definition) is 0. The molecule has 2 aromatic rings. The molecule has 1 aromatic heterocycles. The Morgan fingerprint density at radius 2 is 1.88 bits per heavy atom. The lowest BCUT2D eigenvalue weighted by molar-refractivity contribution is 0.626. The second-order valence-electron chi connectivity index (χ2n) is 3.17. The molecular formula is C11H8ClFN2S. The predicted octanol–water partition coefficient (Wildman–Crippen LogP) is 3.73. The lowest BCUT2D eigenvalue weighted by atomic mass is 10.4. The highest BCUT2D eigenvalue weighted by Crippen LogP contribution is 2.26. The molecule has 82 valence electrons. The second-order valence-corrected chi connectivity index (χ2v) is 4.60. The van der Waals surface area contributed by atoms with Crippen molar-refractivity contribution in [3.63, 3.8) is 0 Å². The van der Waals surface area contributed by atoms with Gasteiger partial charge in [0.25, 0.3) is 0 Å². The van der Waals surface area contributed by atoms with Gasteiger partial charge in [-0.05, 0) is 48.9 Å². The summed E-state index contributed by atoms with van der Waals surface area (Å²) in [6, 6.07) is 8.06. The van der Waals surface area contributed by atoms with E-state index in [1.165, 1.54) is 23.9 Å². The van der Waals surface area contributed by atoms with Gasteiger partial charge in [-0.25, -0.2) is 14.4 Å². The molecule has 2 nitrogen and oxygen atoms in total. The van der Waals surface area contributed by atoms with Crippen LogP contribution in [0.5, 0.6) is 0 Å². The molecule has 5 heteroatoms. The largest absolute Gasteiger partial charge is 0.223 e. The Kier molecular flexibility index (Phi) is 3.41. The fraction of sp³-hybridized carbons (Fsp3) is 0.0909. The lowest BCUT2D eigenvalue weighted by Crippen LogP contribution is -1.88. The van der Waals surface area contributed by atoms with E-state index in [4.69, 9.17) is 11.6 Å². The molecule has 2 rings (SSSR count). The number of aromatic nitrogens is 2. The summed E-state index contributed by atoms with van der Waals surface area (Å²) in [6.07, 6.45) is 0. The summed E-state index contributed by atoms with van der Waals surface area (Å²) in [6.45, 7) is 1.85. The number of rotatable bonds is 2. The van der Waals surface area contributed by atoms with Crippen molar-refractivity contribution in [1.82, 2.24) is 9.97 Å². The van der Waals surface area contributed by atoms with E-state index in [0.29, 0.717) is 0 Å². The van der Waals surface area contributed by atoms with Gasteiger partial charge in [-0.15, -0.1) is 0 Å². The van der Waals surface area contributed by atoms with Crippen LogP contribution >= 0.6 is 23.4 Å². The van der Waals surface area contributed by atoms with Crippen LogP contribution in [-0.2, 0) is 0 Å². The lowest BCUT2D eigenvalue weighted by Gasteiger charge is -2.02. The van der Waals surface area contributed by atoms with Crippen LogP contribution in [0.4, 0.5) is 4.39 Å². The van der Waals surface area contributed by atoms with Crippen LogP contribution in [0.1, 0.15) is 5.69 Å². The molecule has 0 aliphatic carbocycles. The summed E-state index contributed by atoms with van der Waals surface area (Å²) < 4.78 is 12.7. The van der Waals surface area contributed by atoms with E-state index in [-0.39, 0.29) is 11.1 Å². The minimum Gasteiger partial charge on any atom is -0.223 e. The van der Waals surface area contributed by atoms with Gasteiger partial charge in [0.15, 0.2) is 0 Å². The summed E-state index contributed by atoms with van der Waals surface area (Å²) >= 11 is 7.17. The number of aryl methyl sites for hydroxylation is 1. The Balaban J connectivity index is 2.23. The molecule has 0 spiro atoms. The third-order valence-electron chi connectivity index (χ3n) is 1.84. The van der Waals surface area contributed by atoms with E-state index >= 15 is 0 Å². The number of nitrogens with zero attached hydrogens (tertiary/aromatic N) is 2. The van der Waals surface area contributed by atoms with Crippen LogP contribution in [0.3, 0.4) is 0 Å². The second kappa shape index (κ2) is 4.80. The van der Waals surface area contributed by atoms with Gasteiger partial charge in [0.2, 0.25) is 5.28 Å². The van der Waals surface area contributed by atoms with Gasteiger partial charge in [-0.3, -0.25) is 0 Å². The third kappa shape index (κ3) is 2.93. The molecule has 0 saturated heterocycles. The van der Waals surface area contributed by atoms with Crippen molar-refractivity contribution in [3.05, 3.63) is 47.1 Å². The molecule has 0 bridgehead atoms. The zero-order chi connectivity index (χ0) is 11.5. The topological polar surface area (TPSA) is 25.8 Å². The van der Waals surface area contributed by atoms with E-state index in [1.807, 2.05) is 13.0 Å². The van der Waals surface area contributed by atoms with E-state index in [0.717, 1.165) is 15.6 Å². The minimum atomic E-state index is -0.249. The fourth-order valence-corrected chi connectivity index (χ4v) is 2.33. The molecule has 0 N–H and O–H groups in total. The van der Waals surface area contributed by atoms with Crippen LogP contribution in [0, 0.1) is 12.7 Å². The number of benzene rings is 1. The molecule has 0 aliphatic rings. The van der Waals surface area contributed by atoms with Crippen LogP contribution in [0.25, 0.3) is 0 Å². The van der Waals surface area contributed by atoms with Gasteiger partial charge in [-0.1, -0.05) is 11.8 Å². The summed E-state index contributed by atoms with van der Waals surface area (Å²) in [5.74, 6) is -0.249. The predicted molar refractivity (Wildman–Crippen MR) is 62.3 cm³/mol. The fourth-order valence-electron chi connectivity index (χ4n) is 1.18. The quantitative estimate of drug-likeness (QED) is 0.603. The summed E-state index contributed by atoms with van der Waals surface area (Å²) in [5, 5.41) is 0.980. The third-order valence-corrected chi connectivity index (χ3v) is 2.93. The maximum Gasteiger partial charge on any atom is 0.223 e. The smallest absolute Gasteiger partial charge is 0.223 e. The van der Waals surface area contributed by atoms with Crippen molar-refractivity contribution in [2.75, 3.05) is 0 Å². The molecule has 0 radical (unpaired) electrons. The van der Waals surface area contributed by atoms with E-state index in [2.05, 4.69) is 9.97 Å². The zero-order valence-electron chi connectivity index (χ0n) is 8.45. The first-order valence-corrected chi connectivity index (χ1v) is 5.77. The number of halogens is 2. The van der Waals surface area contributed by atoms with Gasteiger partial charge in [0.1, 0.15) is 10.8 Å². The Labute approximate surface area is 102 Å². The Hall–Kier alpha value is -1.13. The van der Waals surface area contributed by atoms with Crippen LogP contribution in [0.2, 0.25) is 5.28 Å². The van der Waals surface area contributed by atoms with E-state index < -0.39 is 0 Å². The summed E-state index contributed by atoms with van der Waals surface area (Å²) in [4.78, 5) is 8.96. The van der Waals surface area contributed by atoms with Gasteiger partial charge in [0, 0.05) is 10.6 Å². The first-order valence-electron chi connectivity index (χ1n) is 4.58. The highest BCUT2D eigenvalue weighted by Gasteiger charge is 2.02. The molecule has 0 atom stereocenters. The van der Waals surface area contributed by atoms with Crippen molar-refractivity contribution >= 4 is 23.4 Å². The van der Waals surface area contributed by atoms with Crippen LogP contribution < -0.4 is 0 Å². The van der Waals surface area contributed by atoms with Gasteiger partial charge in [-0.2, -0.15) is 0 Å². The molecule has 0 unspecified atom stereocenters. The molecule has 0 amide bonds. The average molecular weight is 255 g/mol. The molecule has 1 heterocycles. The van der Waals surface area contributed by atoms with Gasteiger partial charge < -0.3 is 0 Å². The first kappa shape index (κ1) is 11.4. The Morgan fingerprint density at radius 3 is 2.50 bits per heavy atom. The highest BCUT2D eigenvalue weighted by atomic mass is 35.5. The van der Waals surface area contributed by atoms with E-state index in [1.54, 1.807) is 12.1 Å². The average Bonchev–Trinajstić information content (AvgIpc) is 2.20. The molecular weight excluding hydrogens is 247 g/mol. The Morgan fingerprint density at radius 1 is 1.19 bits per heavy atom. The van der Waals surface area contributed by atoms with Crippen molar-refractivity contribution < 1.29 is 4.39 Å². The summed E-state index contributed by atoms with van der Waals surface area (Å²) in [7, 11) is 0. The van der Waals surface area contributed by atoms with Crippen molar-refractivity contribution in [2.24, 2.45) is 0 Å². The SMILES string of the molecule is Cc1cc(Sc2ccc(F)cc2)nc(Cl)n1. The van der Waals surface area contributed by atoms with E-state index in [9.17, 15) is 4.39 Å². The molecule has 16 heavy (non-hydrogen) atoms. The normalized spacial score (nSPS) is 10.4. The maximum atomic E-state index is 12.7. The van der Waals surface area contributed by atoms with Crippen LogP contribution in [-0.4, -0.2) is 9.97 Å². The van der Waals surface area contributed by atoms with Crippen molar-refractivity contribution in [3.8, 4) is 0 Å². The molecule has 0 fully saturated rings. The monoisotopic (exact) mass is 254 g/mol. The minimum absolute atomic E-state index is 0.226. The molecule has 0 aliphatic heterocycles. The van der Waals surface area contributed by atoms with Crippen molar-refractivity contribution in [1.29, 1.82) is 0 Å².